The van der Waals surface area contributed by atoms with Gasteiger partial charge in [-0.2, -0.15) is 0 Å². The number of esters is 1. The highest BCUT2D eigenvalue weighted by atomic mass is 35.5. The second kappa shape index (κ2) is 8.97. The summed E-state index contributed by atoms with van der Waals surface area (Å²) in [5.41, 5.74) is 3.11. The molecule has 3 aromatic heterocycles. The number of hydrogen-bond acceptors (Lipinski definition) is 9. The van der Waals surface area contributed by atoms with Gasteiger partial charge in [-0.1, -0.05) is 59.2 Å². The van der Waals surface area contributed by atoms with Gasteiger partial charge in [0.25, 0.3) is 11.8 Å². The lowest BCUT2D eigenvalue weighted by atomic mass is 10.1. The summed E-state index contributed by atoms with van der Waals surface area (Å²) in [5.74, 6) is 0.332. The molecule has 5 rings (SSSR count). The Morgan fingerprint density at radius 2 is 1.85 bits per heavy atom. The van der Waals surface area contributed by atoms with Crippen LogP contribution >= 0.6 is 22.9 Å². The number of carbonyl (C=O) groups is 1. The number of carbonyl (C=O) groups excluding carboxylic acids is 1. The molecule has 10 heteroatoms. The Balaban J connectivity index is 1.29. The van der Waals surface area contributed by atoms with Crippen LogP contribution < -0.4 is 0 Å². The third kappa shape index (κ3) is 4.41. The molecular formula is C23H15ClN4O4S. The van der Waals surface area contributed by atoms with Gasteiger partial charge in [0.05, 0.1) is 0 Å². The largest absolute Gasteiger partial charge is 0.451 e. The van der Waals surface area contributed by atoms with E-state index in [1.807, 2.05) is 42.5 Å². The van der Waals surface area contributed by atoms with Gasteiger partial charge in [-0.3, -0.25) is 0 Å². The molecule has 0 fully saturated rings. The van der Waals surface area contributed by atoms with E-state index in [2.05, 4.69) is 20.3 Å². The SMILES string of the molecule is Cc1onc(-c2ccccc2)c1-c1nnc(COC(=O)c2csc(-c3ccc(Cl)cc3)n2)o1. The molecule has 5 aromatic rings. The lowest BCUT2D eigenvalue weighted by Crippen LogP contribution is -2.05. The number of thiazole rings is 1. The van der Waals surface area contributed by atoms with Crippen LogP contribution in [-0.2, 0) is 11.3 Å². The third-order valence-corrected chi connectivity index (χ3v) is 5.87. The Morgan fingerprint density at radius 1 is 1.06 bits per heavy atom. The molecule has 0 saturated carbocycles. The van der Waals surface area contributed by atoms with Crippen LogP contribution in [0.3, 0.4) is 0 Å². The van der Waals surface area contributed by atoms with Crippen LogP contribution in [0.2, 0.25) is 5.02 Å². The van der Waals surface area contributed by atoms with Gasteiger partial charge in [0.1, 0.15) is 22.0 Å². The molecule has 0 bridgehead atoms. The van der Waals surface area contributed by atoms with Gasteiger partial charge in [-0.25, -0.2) is 9.78 Å². The number of ether oxygens (including phenoxy) is 1. The van der Waals surface area contributed by atoms with Crippen molar-refractivity contribution in [2.45, 2.75) is 13.5 Å². The van der Waals surface area contributed by atoms with E-state index in [1.54, 1.807) is 24.4 Å². The fraction of sp³-hybridized carbons (Fsp3) is 0.0870. The van der Waals surface area contributed by atoms with Crippen molar-refractivity contribution in [3.63, 3.8) is 0 Å². The van der Waals surface area contributed by atoms with Crippen molar-refractivity contribution in [3.8, 4) is 33.3 Å². The molecule has 0 aliphatic rings. The fourth-order valence-electron chi connectivity index (χ4n) is 3.12. The van der Waals surface area contributed by atoms with Crippen LogP contribution in [0.15, 0.2) is 68.9 Å². The zero-order valence-electron chi connectivity index (χ0n) is 17.2. The summed E-state index contributed by atoms with van der Waals surface area (Å²) in [6, 6.07) is 16.7. The highest BCUT2D eigenvalue weighted by Crippen LogP contribution is 2.33. The topological polar surface area (TPSA) is 104 Å². The van der Waals surface area contributed by atoms with E-state index in [1.165, 1.54) is 11.3 Å². The summed E-state index contributed by atoms with van der Waals surface area (Å²) in [6.45, 7) is 1.57. The first kappa shape index (κ1) is 21.0. The monoisotopic (exact) mass is 478 g/mol. The molecule has 0 unspecified atom stereocenters. The highest BCUT2D eigenvalue weighted by molar-refractivity contribution is 7.13. The van der Waals surface area contributed by atoms with Crippen LogP contribution in [-0.4, -0.2) is 26.3 Å². The number of rotatable bonds is 6. The van der Waals surface area contributed by atoms with E-state index in [0.717, 1.165) is 11.1 Å². The molecule has 0 saturated heterocycles. The van der Waals surface area contributed by atoms with Crippen LogP contribution in [0.4, 0.5) is 0 Å². The summed E-state index contributed by atoms with van der Waals surface area (Å²) in [4.78, 5) is 16.8. The minimum atomic E-state index is -0.586. The predicted molar refractivity (Wildman–Crippen MR) is 122 cm³/mol. The molecule has 8 nitrogen and oxygen atoms in total. The van der Waals surface area contributed by atoms with Gasteiger partial charge < -0.3 is 13.7 Å². The predicted octanol–water partition coefficient (Wildman–Crippen LogP) is 5.83. The normalized spacial score (nSPS) is 11.0. The first-order valence-electron chi connectivity index (χ1n) is 9.81. The molecule has 0 amide bonds. The second-order valence-electron chi connectivity index (χ2n) is 6.95. The summed E-state index contributed by atoms with van der Waals surface area (Å²) >= 11 is 7.26. The number of aryl methyl sites for hydroxylation is 1. The number of hydrogen-bond donors (Lipinski definition) is 0. The van der Waals surface area contributed by atoms with Crippen molar-refractivity contribution in [2.24, 2.45) is 0 Å². The number of halogens is 1. The Morgan fingerprint density at radius 3 is 2.64 bits per heavy atom. The first-order valence-corrected chi connectivity index (χ1v) is 11.1. The molecule has 164 valence electrons. The molecule has 0 spiro atoms. The number of nitrogens with zero attached hydrogens (tertiary/aromatic N) is 4. The van der Waals surface area contributed by atoms with Crippen molar-refractivity contribution in [2.75, 3.05) is 0 Å². The highest BCUT2D eigenvalue weighted by Gasteiger charge is 2.22. The average molecular weight is 479 g/mol. The van der Waals surface area contributed by atoms with Crippen molar-refractivity contribution in [3.05, 3.63) is 82.3 Å². The van der Waals surface area contributed by atoms with Crippen molar-refractivity contribution in [1.29, 1.82) is 0 Å². The zero-order valence-corrected chi connectivity index (χ0v) is 18.8. The number of benzene rings is 2. The fourth-order valence-corrected chi connectivity index (χ4v) is 4.05. The third-order valence-electron chi connectivity index (χ3n) is 4.72. The summed E-state index contributed by atoms with van der Waals surface area (Å²) < 4.78 is 16.4. The van der Waals surface area contributed by atoms with E-state index in [-0.39, 0.29) is 24.1 Å². The Bertz CT molecular complexity index is 1410. The lowest BCUT2D eigenvalue weighted by Gasteiger charge is -2.00. The van der Waals surface area contributed by atoms with Crippen LogP contribution in [0.1, 0.15) is 22.1 Å². The van der Waals surface area contributed by atoms with Crippen molar-refractivity contribution >= 4 is 28.9 Å². The maximum Gasteiger partial charge on any atom is 0.358 e. The van der Waals surface area contributed by atoms with Gasteiger partial charge >= 0.3 is 5.97 Å². The molecule has 0 aliphatic carbocycles. The first-order chi connectivity index (χ1) is 16.1. The van der Waals surface area contributed by atoms with E-state index in [9.17, 15) is 4.79 Å². The molecule has 33 heavy (non-hydrogen) atoms. The Labute approximate surface area is 196 Å². The standard InChI is InChI=1S/C23H15ClN4O4S/c1-13-19(20(28-32-13)14-5-3-2-4-6-14)21-27-26-18(31-21)11-30-23(29)17-12-33-22(25-17)15-7-9-16(24)10-8-15/h2-10,12H,11H2,1H3. The Hall–Kier alpha value is -3.82. The maximum absolute atomic E-state index is 12.4. The zero-order chi connectivity index (χ0) is 22.8. The molecule has 0 aliphatic heterocycles. The van der Waals surface area contributed by atoms with Gasteiger partial charge in [-0.15, -0.1) is 21.5 Å². The van der Waals surface area contributed by atoms with Crippen LogP contribution in [0, 0.1) is 6.92 Å². The van der Waals surface area contributed by atoms with E-state index < -0.39 is 5.97 Å². The van der Waals surface area contributed by atoms with E-state index >= 15 is 0 Å². The smallest absolute Gasteiger partial charge is 0.358 e. The number of aromatic nitrogens is 4. The molecule has 2 aromatic carbocycles. The summed E-state index contributed by atoms with van der Waals surface area (Å²) in [5, 5.41) is 15.1. The second-order valence-corrected chi connectivity index (χ2v) is 8.24. The lowest BCUT2D eigenvalue weighted by molar-refractivity contribution is 0.0432. The minimum absolute atomic E-state index is 0.145. The Kier molecular flexibility index (Phi) is 5.72. The summed E-state index contributed by atoms with van der Waals surface area (Å²) in [6.07, 6.45) is 0. The van der Waals surface area contributed by atoms with Gasteiger partial charge in [0.15, 0.2) is 12.3 Å². The average Bonchev–Trinajstić information content (AvgIpc) is 3.58. The van der Waals surface area contributed by atoms with Crippen LogP contribution in [0.5, 0.6) is 0 Å². The van der Waals surface area contributed by atoms with Gasteiger partial charge in [-0.05, 0) is 19.1 Å². The maximum atomic E-state index is 12.4. The van der Waals surface area contributed by atoms with Crippen molar-refractivity contribution in [1.82, 2.24) is 20.3 Å². The van der Waals surface area contributed by atoms with Gasteiger partial charge in [0.2, 0.25) is 0 Å². The minimum Gasteiger partial charge on any atom is -0.451 e. The van der Waals surface area contributed by atoms with Crippen LogP contribution in [0.25, 0.3) is 33.3 Å². The molecule has 0 N–H and O–H groups in total. The summed E-state index contributed by atoms with van der Waals surface area (Å²) in [7, 11) is 0. The quantitative estimate of drug-likeness (QED) is 0.280. The molecule has 0 atom stereocenters. The molecular weight excluding hydrogens is 464 g/mol. The van der Waals surface area contributed by atoms with Crippen molar-refractivity contribution < 1.29 is 18.5 Å². The van der Waals surface area contributed by atoms with E-state index in [4.69, 9.17) is 25.3 Å². The van der Waals surface area contributed by atoms with E-state index in [0.29, 0.717) is 27.0 Å². The van der Waals surface area contributed by atoms with Gasteiger partial charge in [0, 0.05) is 21.5 Å². The molecule has 3 heterocycles. The molecule has 0 radical (unpaired) electrons.